The largest absolute Gasteiger partial charge is 0.368 e. The van der Waals surface area contributed by atoms with Crippen LogP contribution in [-0.2, 0) is 16.0 Å². The number of amides is 1. The predicted molar refractivity (Wildman–Crippen MR) is 116 cm³/mol. The van der Waals surface area contributed by atoms with E-state index in [0.29, 0.717) is 6.61 Å². The van der Waals surface area contributed by atoms with E-state index in [0.717, 1.165) is 69.9 Å². The molecule has 7 nitrogen and oxygen atoms in total. The number of nitrogens with one attached hydrogen (secondary N) is 1. The van der Waals surface area contributed by atoms with Gasteiger partial charge in [0.05, 0.1) is 15.2 Å². The summed E-state index contributed by atoms with van der Waals surface area (Å²) in [6.45, 7) is 4.63. The van der Waals surface area contributed by atoms with Crippen molar-refractivity contribution in [3.8, 4) is 0 Å². The quantitative estimate of drug-likeness (QED) is 0.460. The van der Waals surface area contributed by atoms with Gasteiger partial charge in [-0.15, -0.1) is 11.3 Å². The van der Waals surface area contributed by atoms with Crippen LogP contribution < -0.4 is 5.32 Å². The Bertz CT molecular complexity index is 821. The lowest BCUT2D eigenvalue weighted by atomic mass is 10.2. The number of para-hydroxylation sites is 1. The molecule has 2 fully saturated rings. The smallest absolute Gasteiger partial charge is 0.251 e. The Morgan fingerprint density at radius 2 is 2.07 bits per heavy atom. The van der Waals surface area contributed by atoms with Crippen LogP contribution in [0.3, 0.4) is 0 Å². The van der Waals surface area contributed by atoms with Crippen LogP contribution in [0.4, 0.5) is 0 Å². The summed E-state index contributed by atoms with van der Waals surface area (Å²) in [5.74, 6) is 1.07. The van der Waals surface area contributed by atoms with E-state index in [1.165, 1.54) is 9.71 Å². The number of aromatic nitrogens is 1. The minimum absolute atomic E-state index is 0.154. The van der Waals surface area contributed by atoms with Gasteiger partial charge in [-0.1, -0.05) is 12.1 Å². The Kier molecular flexibility index (Phi) is 6.61. The zero-order valence-electron chi connectivity index (χ0n) is 17.0. The summed E-state index contributed by atoms with van der Waals surface area (Å²) in [4.78, 5) is 25.8. The highest BCUT2D eigenvalue weighted by Crippen LogP contribution is 2.22. The number of aryl methyl sites for hydroxylation is 1. The number of guanidine groups is 1. The van der Waals surface area contributed by atoms with E-state index in [-0.39, 0.29) is 12.0 Å². The lowest BCUT2D eigenvalue weighted by Gasteiger charge is -2.37. The summed E-state index contributed by atoms with van der Waals surface area (Å²) in [6, 6.07) is 8.29. The predicted octanol–water partition coefficient (Wildman–Crippen LogP) is 2.13. The normalized spacial score (nSPS) is 20.4. The van der Waals surface area contributed by atoms with Crippen molar-refractivity contribution in [1.29, 1.82) is 0 Å². The molecule has 0 radical (unpaired) electrons. The molecule has 1 aromatic heterocycles. The first-order valence-corrected chi connectivity index (χ1v) is 11.3. The number of hydrogen-bond donors (Lipinski definition) is 1. The number of fused-ring (bicyclic) bond motifs is 1. The van der Waals surface area contributed by atoms with Gasteiger partial charge in [0.1, 0.15) is 6.10 Å². The van der Waals surface area contributed by atoms with E-state index >= 15 is 0 Å². The maximum atomic E-state index is 12.5. The van der Waals surface area contributed by atoms with E-state index < -0.39 is 0 Å². The number of benzene rings is 1. The van der Waals surface area contributed by atoms with Gasteiger partial charge in [-0.25, -0.2) is 4.98 Å². The molecule has 1 aromatic carbocycles. The summed E-state index contributed by atoms with van der Waals surface area (Å²) in [7, 11) is 1.82. The molecule has 0 bridgehead atoms. The molecule has 1 unspecified atom stereocenters. The van der Waals surface area contributed by atoms with Crippen molar-refractivity contribution in [3.63, 3.8) is 0 Å². The molecular weight excluding hydrogens is 386 g/mol. The van der Waals surface area contributed by atoms with Gasteiger partial charge < -0.3 is 19.9 Å². The molecule has 156 valence electrons. The number of hydrogen-bond acceptors (Lipinski definition) is 5. The monoisotopic (exact) mass is 415 g/mol. The third-order valence-electron chi connectivity index (χ3n) is 5.50. The molecule has 0 saturated carbocycles. The van der Waals surface area contributed by atoms with Crippen LogP contribution in [-0.4, -0.2) is 79.1 Å². The molecule has 1 atom stereocenters. The number of rotatable bonds is 5. The number of thiazole rings is 1. The van der Waals surface area contributed by atoms with E-state index in [2.05, 4.69) is 33.4 Å². The fraction of sp³-hybridized carbons (Fsp3) is 0.571. The fourth-order valence-corrected chi connectivity index (χ4v) is 4.92. The van der Waals surface area contributed by atoms with Crippen LogP contribution in [0.25, 0.3) is 10.2 Å². The molecule has 8 heteroatoms. The van der Waals surface area contributed by atoms with E-state index in [4.69, 9.17) is 9.72 Å². The molecule has 3 heterocycles. The standard InChI is InChI=1S/C21H29N5O2S/c1-22-21(23-10-4-9-19-24-16-6-2-3-8-18(16)29-19)26-13-11-25(12-14-26)20(27)17-7-5-15-28-17/h2-3,6,8,17H,4-5,7,9-15H2,1H3,(H,22,23). The highest BCUT2D eigenvalue weighted by molar-refractivity contribution is 7.18. The molecule has 4 rings (SSSR count). The van der Waals surface area contributed by atoms with Crippen molar-refractivity contribution < 1.29 is 9.53 Å². The fourth-order valence-electron chi connectivity index (χ4n) is 3.91. The van der Waals surface area contributed by atoms with E-state index in [1.807, 2.05) is 18.0 Å². The lowest BCUT2D eigenvalue weighted by molar-refractivity contribution is -0.142. The number of piperazine rings is 1. The number of ether oxygens (including phenoxy) is 1. The third kappa shape index (κ3) is 4.87. The van der Waals surface area contributed by atoms with Crippen LogP contribution in [0.1, 0.15) is 24.3 Å². The molecule has 0 aliphatic carbocycles. The lowest BCUT2D eigenvalue weighted by Crippen LogP contribution is -2.55. The van der Waals surface area contributed by atoms with Gasteiger partial charge in [0.2, 0.25) is 0 Å². The van der Waals surface area contributed by atoms with Crippen molar-refractivity contribution >= 4 is 33.4 Å². The van der Waals surface area contributed by atoms with Crippen molar-refractivity contribution in [2.24, 2.45) is 4.99 Å². The minimum Gasteiger partial charge on any atom is -0.368 e. The Morgan fingerprint density at radius 3 is 2.79 bits per heavy atom. The Morgan fingerprint density at radius 1 is 1.28 bits per heavy atom. The number of nitrogens with zero attached hydrogens (tertiary/aromatic N) is 4. The first-order chi connectivity index (χ1) is 14.2. The second kappa shape index (κ2) is 9.54. The highest BCUT2D eigenvalue weighted by atomic mass is 32.1. The average Bonchev–Trinajstić information content (AvgIpc) is 3.43. The molecule has 2 saturated heterocycles. The van der Waals surface area contributed by atoms with Crippen molar-refractivity contribution in [1.82, 2.24) is 20.1 Å². The zero-order valence-corrected chi connectivity index (χ0v) is 17.8. The minimum atomic E-state index is -0.221. The summed E-state index contributed by atoms with van der Waals surface area (Å²) in [5.41, 5.74) is 1.09. The van der Waals surface area contributed by atoms with Crippen molar-refractivity contribution in [2.75, 3.05) is 46.4 Å². The Balaban J connectivity index is 1.20. The van der Waals surface area contributed by atoms with Gasteiger partial charge in [-0.3, -0.25) is 9.79 Å². The summed E-state index contributed by atoms with van der Waals surface area (Å²) < 4.78 is 6.79. The summed E-state index contributed by atoms with van der Waals surface area (Å²) >= 11 is 1.78. The SMILES string of the molecule is CN=C(NCCCc1nc2ccccc2s1)N1CCN(C(=O)C2CCCO2)CC1. The van der Waals surface area contributed by atoms with Gasteiger partial charge in [0, 0.05) is 52.8 Å². The number of aliphatic imine (C=N–C) groups is 1. The first kappa shape index (κ1) is 20.1. The van der Waals surface area contributed by atoms with E-state index in [1.54, 1.807) is 11.3 Å². The number of carbonyl (C=O) groups is 1. The van der Waals surface area contributed by atoms with Gasteiger partial charge in [0.15, 0.2) is 5.96 Å². The van der Waals surface area contributed by atoms with Gasteiger partial charge in [-0.2, -0.15) is 0 Å². The number of carbonyl (C=O) groups excluding carboxylic acids is 1. The molecule has 29 heavy (non-hydrogen) atoms. The third-order valence-corrected chi connectivity index (χ3v) is 6.59. The second-order valence-electron chi connectivity index (χ2n) is 7.47. The molecule has 2 aromatic rings. The maximum Gasteiger partial charge on any atom is 0.251 e. The van der Waals surface area contributed by atoms with Gasteiger partial charge >= 0.3 is 0 Å². The van der Waals surface area contributed by atoms with Crippen LogP contribution in [0.2, 0.25) is 0 Å². The highest BCUT2D eigenvalue weighted by Gasteiger charge is 2.30. The van der Waals surface area contributed by atoms with Crippen LogP contribution in [0.5, 0.6) is 0 Å². The van der Waals surface area contributed by atoms with Crippen molar-refractivity contribution in [2.45, 2.75) is 31.8 Å². The average molecular weight is 416 g/mol. The first-order valence-electron chi connectivity index (χ1n) is 10.4. The summed E-state index contributed by atoms with van der Waals surface area (Å²) in [6.07, 6.45) is 3.60. The van der Waals surface area contributed by atoms with Gasteiger partial charge in [0.25, 0.3) is 5.91 Å². The molecule has 2 aliphatic heterocycles. The zero-order chi connectivity index (χ0) is 20.1. The molecule has 1 N–H and O–H groups in total. The second-order valence-corrected chi connectivity index (χ2v) is 8.58. The van der Waals surface area contributed by atoms with E-state index in [9.17, 15) is 4.79 Å². The molecule has 1 amide bonds. The van der Waals surface area contributed by atoms with Crippen LogP contribution in [0.15, 0.2) is 29.3 Å². The van der Waals surface area contributed by atoms with Crippen LogP contribution >= 0.6 is 11.3 Å². The Labute approximate surface area is 175 Å². The van der Waals surface area contributed by atoms with Crippen LogP contribution in [0, 0.1) is 0 Å². The maximum absolute atomic E-state index is 12.5. The summed E-state index contributed by atoms with van der Waals surface area (Å²) in [5, 5.41) is 4.65. The topological polar surface area (TPSA) is 70.1 Å². The molecule has 2 aliphatic rings. The van der Waals surface area contributed by atoms with Crippen molar-refractivity contribution in [3.05, 3.63) is 29.3 Å². The Hall–Kier alpha value is -2.19. The molecular formula is C21H29N5O2S. The molecule has 0 spiro atoms. The van der Waals surface area contributed by atoms with Gasteiger partial charge in [-0.05, 0) is 31.4 Å².